The monoisotopic (exact) mass is 1310 g/mol. The summed E-state index contributed by atoms with van der Waals surface area (Å²) in [5.74, 6) is -0.566. The van der Waals surface area contributed by atoms with Gasteiger partial charge >= 0.3 is 11.9 Å². The molecule has 0 saturated carbocycles. The van der Waals surface area contributed by atoms with E-state index in [1.807, 2.05) is 0 Å². The third-order valence-electron chi connectivity index (χ3n) is 19.2. The van der Waals surface area contributed by atoms with E-state index in [2.05, 4.69) is 98.9 Å². The fraction of sp³-hybridized carbons (Fsp3) is 0.820. The number of carbonyl (C=O) groups is 2. The molecule has 548 valence electrons. The molecular formula is C89H162O5. The molecule has 0 amide bonds. The number of ether oxygens (including phenoxy) is 2. The van der Waals surface area contributed by atoms with Gasteiger partial charge in [0.1, 0.15) is 6.61 Å². The van der Waals surface area contributed by atoms with Gasteiger partial charge in [0.25, 0.3) is 0 Å². The van der Waals surface area contributed by atoms with Gasteiger partial charge in [-0.2, -0.15) is 0 Å². The van der Waals surface area contributed by atoms with E-state index in [1.165, 1.54) is 347 Å². The van der Waals surface area contributed by atoms with Gasteiger partial charge in [0.2, 0.25) is 0 Å². The summed E-state index contributed by atoms with van der Waals surface area (Å²) in [6.45, 7) is 4.09. The van der Waals surface area contributed by atoms with Crippen molar-refractivity contribution in [1.29, 1.82) is 0 Å². The molecule has 1 atom stereocenters. The highest BCUT2D eigenvalue weighted by Gasteiger charge is 2.16. The topological polar surface area (TPSA) is 72.8 Å². The zero-order chi connectivity index (χ0) is 67.5. The molecule has 0 aliphatic rings. The van der Waals surface area contributed by atoms with Crippen molar-refractivity contribution in [3.8, 4) is 0 Å². The molecule has 0 bridgehead atoms. The first-order valence-corrected chi connectivity index (χ1v) is 42.1. The van der Waals surface area contributed by atoms with E-state index >= 15 is 0 Å². The first-order valence-electron chi connectivity index (χ1n) is 42.1. The molecule has 0 spiro atoms. The third kappa shape index (κ3) is 81.5. The van der Waals surface area contributed by atoms with Gasteiger partial charge in [0, 0.05) is 12.8 Å². The van der Waals surface area contributed by atoms with Crippen molar-refractivity contribution < 1.29 is 24.2 Å². The van der Waals surface area contributed by atoms with Crippen LogP contribution >= 0.6 is 0 Å². The maximum absolute atomic E-state index is 12.4. The largest absolute Gasteiger partial charge is 0.462 e. The fourth-order valence-corrected chi connectivity index (χ4v) is 13.0. The first-order chi connectivity index (χ1) is 46.6. The fourth-order valence-electron chi connectivity index (χ4n) is 13.0. The number of carbonyl (C=O) groups excluding carboxylic acids is 2. The Bertz CT molecular complexity index is 1680. The molecule has 0 heterocycles. The van der Waals surface area contributed by atoms with Crippen LogP contribution in [0.1, 0.15) is 450 Å². The number of rotatable bonds is 79. The van der Waals surface area contributed by atoms with Crippen molar-refractivity contribution in [2.24, 2.45) is 0 Å². The number of aliphatic hydroxyl groups is 1. The van der Waals surface area contributed by atoms with E-state index in [4.69, 9.17) is 9.47 Å². The van der Waals surface area contributed by atoms with Gasteiger partial charge in [0.05, 0.1) is 6.61 Å². The van der Waals surface area contributed by atoms with E-state index in [9.17, 15) is 14.7 Å². The zero-order valence-electron chi connectivity index (χ0n) is 63.2. The highest BCUT2D eigenvalue weighted by molar-refractivity contribution is 5.70. The number of hydrogen-bond acceptors (Lipinski definition) is 5. The summed E-state index contributed by atoms with van der Waals surface area (Å²) in [5.41, 5.74) is 0. The van der Waals surface area contributed by atoms with Crippen LogP contribution in [-0.4, -0.2) is 36.4 Å². The lowest BCUT2D eigenvalue weighted by Crippen LogP contribution is -2.28. The molecule has 0 aromatic rings. The molecular weight excluding hydrogens is 1150 g/mol. The van der Waals surface area contributed by atoms with Gasteiger partial charge in [-0.25, -0.2) is 0 Å². The Labute approximate surface area is 587 Å². The molecule has 1 unspecified atom stereocenters. The van der Waals surface area contributed by atoms with Crippen LogP contribution in [0.3, 0.4) is 0 Å². The molecule has 1 N–H and O–H groups in total. The summed E-state index contributed by atoms with van der Waals surface area (Å²) >= 11 is 0. The number of aliphatic hydroxyl groups excluding tert-OH is 1. The predicted molar refractivity (Wildman–Crippen MR) is 417 cm³/mol. The minimum Gasteiger partial charge on any atom is -0.462 e. The molecule has 0 aliphatic heterocycles. The van der Waals surface area contributed by atoms with Crippen LogP contribution in [0.4, 0.5) is 0 Å². The van der Waals surface area contributed by atoms with Gasteiger partial charge in [0.15, 0.2) is 6.10 Å². The zero-order valence-corrected chi connectivity index (χ0v) is 63.2. The summed E-state index contributed by atoms with van der Waals surface area (Å²) in [5, 5.41) is 9.74. The Hall–Kier alpha value is -2.92. The van der Waals surface area contributed by atoms with E-state index in [0.717, 1.165) is 77.0 Å². The van der Waals surface area contributed by atoms with Gasteiger partial charge in [-0.3, -0.25) is 9.59 Å². The van der Waals surface area contributed by atoms with E-state index < -0.39 is 6.10 Å². The number of allylic oxidation sites excluding steroid dienone is 14. The molecule has 0 radical (unpaired) electrons. The maximum atomic E-state index is 12.4. The molecule has 0 aromatic heterocycles. The molecule has 5 heteroatoms. The Kier molecular flexibility index (Phi) is 81.7. The normalized spacial score (nSPS) is 12.6. The Balaban J connectivity index is 3.38. The molecule has 0 aliphatic carbocycles. The summed E-state index contributed by atoms with van der Waals surface area (Å²) in [6.07, 6.45) is 120. The Morgan fingerprint density at radius 2 is 0.457 bits per heavy atom. The lowest BCUT2D eigenvalue weighted by molar-refractivity contribution is -0.161. The van der Waals surface area contributed by atoms with Crippen LogP contribution in [0, 0.1) is 0 Å². The van der Waals surface area contributed by atoms with Crippen molar-refractivity contribution >= 4 is 11.9 Å². The van der Waals surface area contributed by atoms with E-state index in [-0.39, 0.29) is 25.2 Å². The van der Waals surface area contributed by atoms with Gasteiger partial charge < -0.3 is 14.6 Å². The van der Waals surface area contributed by atoms with Crippen LogP contribution in [0.2, 0.25) is 0 Å². The van der Waals surface area contributed by atoms with Gasteiger partial charge in [-0.1, -0.05) is 452 Å². The molecule has 0 rings (SSSR count). The molecule has 0 aromatic carbocycles. The second-order valence-corrected chi connectivity index (χ2v) is 28.5. The summed E-state index contributed by atoms with van der Waals surface area (Å²) in [4.78, 5) is 24.7. The predicted octanol–water partition coefficient (Wildman–Crippen LogP) is 29.9. The van der Waals surface area contributed by atoms with Crippen molar-refractivity contribution in [3.05, 3.63) is 85.1 Å². The van der Waals surface area contributed by atoms with Crippen LogP contribution in [-0.2, 0) is 19.1 Å². The highest BCUT2D eigenvalue weighted by atomic mass is 16.6. The van der Waals surface area contributed by atoms with Crippen LogP contribution in [0.15, 0.2) is 85.1 Å². The smallest absolute Gasteiger partial charge is 0.306 e. The lowest BCUT2D eigenvalue weighted by atomic mass is 10.0. The minimum atomic E-state index is -0.774. The van der Waals surface area contributed by atoms with E-state index in [1.54, 1.807) is 0 Å². The maximum Gasteiger partial charge on any atom is 0.306 e. The lowest BCUT2D eigenvalue weighted by Gasteiger charge is -2.15. The second kappa shape index (κ2) is 84.3. The van der Waals surface area contributed by atoms with Gasteiger partial charge in [-0.05, 0) is 70.6 Å². The first kappa shape index (κ1) is 91.1. The highest BCUT2D eigenvalue weighted by Crippen LogP contribution is 2.20. The van der Waals surface area contributed by atoms with Crippen LogP contribution in [0.25, 0.3) is 0 Å². The molecule has 0 saturated heterocycles. The number of unbranched alkanes of at least 4 members (excludes halogenated alkanes) is 57. The average Bonchev–Trinajstić information content (AvgIpc) is 3.77. The third-order valence-corrected chi connectivity index (χ3v) is 19.2. The summed E-state index contributed by atoms with van der Waals surface area (Å²) in [6, 6.07) is 0. The standard InChI is InChI=1S/C89H162O5/c1-3-5-7-9-11-13-15-17-19-21-23-25-27-29-31-33-35-37-39-41-43-44-46-48-50-52-54-56-58-60-62-64-66-68-70-72-74-76-78-80-82-84-89(92)94-87(85-90)86-93-88(91)83-81-79-77-75-73-71-69-67-65-63-61-59-57-55-53-51-49-47-45-42-40-38-36-34-32-30-28-26-24-22-20-18-16-14-12-10-8-6-4-2/h5,7,11,13,17,19,23,25,29,31,35,37,41,43,87,90H,3-4,6,8-10,12,14-16,18,20-22,24,26-28,30,32-34,36,38-40,42,44-86H2,1-2H3/b7-5-,13-11-,19-17-,25-23-,31-29-,37-35-,43-41-. The average molecular weight is 1310 g/mol. The Morgan fingerprint density at radius 3 is 0.691 bits per heavy atom. The minimum absolute atomic E-state index is 0.0611. The second-order valence-electron chi connectivity index (χ2n) is 28.5. The Morgan fingerprint density at radius 1 is 0.255 bits per heavy atom. The van der Waals surface area contributed by atoms with Crippen molar-refractivity contribution in [3.63, 3.8) is 0 Å². The van der Waals surface area contributed by atoms with Crippen LogP contribution in [0.5, 0.6) is 0 Å². The quantitative estimate of drug-likeness (QED) is 0.0373. The van der Waals surface area contributed by atoms with Gasteiger partial charge in [-0.15, -0.1) is 0 Å². The number of esters is 2. The van der Waals surface area contributed by atoms with Crippen molar-refractivity contribution in [1.82, 2.24) is 0 Å². The van der Waals surface area contributed by atoms with E-state index in [0.29, 0.717) is 12.8 Å². The number of hydrogen-bond donors (Lipinski definition) is 1. The molecule has 94 heavy (non-hydrogen) atoms. The van der Waals surface area contributed by atoms with Crippen LogP contribution < -0.4 is 0 Å². The molecule has 0 fully saturated rings. The summed E-state index contributed by atoms with van der Waals surface area (Å²) in [7, 11) is 0. The van der Waals surface area contributed by atoms with Crippen molar-refractivity contribution in [2.75, 3.05) is 13.2 Å². The summed E-state index contributed by atoms with van der Waals surface area (Å²) < 4.78 is 10.8. The van der Waals surface area contributed by atoms with Crippen molar-refractivity contribution in [2.45, 2.75) is 457 Å². The molecule has 5 nitrogen and oxygen atoms in total. The SMILES string of the molecule is CC/C=C\C/C=C\C/C=C\C/C=C\C/C=C\C/C=C\C/C=C\CCCCCCCCCCCCCCCCCCCCCC(=O)OC(CO)COC(=O)CCCCCCCCCCCCCCCCCCCCCCCCCCCCCCCCCCCCCCCCC.